The Hall–Kier alpha value is -2.48. The molecule has 1 aromatic carbocycles. The number of likely N-dealkylation sites (tertiary alicyclic amines) is 1. The number of nitrogens with zero attached hydrogens (tertiary/aromatic N) is 3. The maximum atomic E-state index is 12.5. The lowest BCUT2D eigenvalue weighted by atomic mass is 10.1. The molecule has 0 N–H and O–H groups in total. The molecule has 144 valence electrons. The van der Waals surface area contributed by atoms with Gasteiger partial charge in [0.15, 0.2) is 9.84 Å². The molecule has 0 spiro atoms. The summed E-state index contributed by atoms with van der Waals surface area (Å²) in [5.74, 6) is 0.0748. The van der Waals surface area contributed by atoms with Gasteiger partial charge >= 0.3 is 0 Å². The van der Waals surface area contributed by atoms with E-state index in [4.69, 9.17) is 4.74 Å². The highest BCUT2D eigenvalue weighted by Crippen LogP contribution is 2.18. The number of hydrogen-bond acceptors (Lipinski definition) is 6. The van der Waals surface area contributed by atoms with E-state index >= 15 is 0 Å². The molecule has 2 aromatic rings. The summed E-state index contributed by atoms with van der Waals surface area (Å²) in [5.41, 5.74) is 0.808. The number of aryl methyl sites for hydroxylation is 1. The Morgan fingerprint density at radius 3 is 2.67 bits per heavy atom. The maximum absolute atomic E-state index is 12.5. The Balaban J connectivity index is 1.54. The SMILES string of the molecule is Cc1ccc(OC2CCCN(C(=O)CCS(=O)(=O)c3ccccc3)C2)nn1. The standard InChI is InChI=1S/C19H23N3O4S/c1-15-9-10-18(21-20-15)26-16-6-5-12-22(14-16)19(23)11-13-27(24,25)17-7-3-2-4-8-17/h2-4,7-10,16H,5-6,11-14H2,1H3. The molecule has 8 heteroatoms. The van der Waals surface area contributed by atoms with Crippen molar-refractivity contribution in [2.45, 2.75) is 37.2 Å². The second kappa shape index (κ2) is 8.47. The maximum Gasteiger partial charge on any atom is 0.233 e. The Kier molecular flexibility index (Phi) is 6.05. The van der Waals surface area contributed by atoms with Crippen molar-refractivity contribution in [1.82, 2.24) is 15.1 Å². The monoisotopic (exact) mass is 389 g/mol. The molecule has 0 saturated carbocycles. The van der Waals surface area contributed by atoms with Crippen molar-refractivity contribution in [3.63, 3.8) is 0 Å². The van der Waals surface area contributed by atoms with Gasteiger partial charge in [-0.2, -0.15) is 5.10 Å². The van der Waals surface area contributed by atoms with Crippen LogP contribution in [-0.4, -0.2) is 54.4 Å². The van der Waals surface area contributed by atoms with Crippen LogP contribution in [0, 0.1) is 6.92 Å². The summed E-state index contributed by atoms with van der Waals surface area (Å²) in [6.07, 6.45) is 1.43. The number of ether oxygens (including phenoxy) is 1. The van der Waals surface area contributed by atoms with E-state index in [2.05, 4.69) is 10.2 Å². The van der Waals surface area contributed by atoms with E-state index in [9.17, 15) is 13.2 Å². The van der Waals surface area contributed by atoms with Crippen LogP contribution in [0.2, 0.25) is 0 Å². The number of hydrogen-bond donors (Lipinski definition) is 0. The molecular weight excluding hydrogens is 366 g/mol. The number of benzene rings is 1. The Morgan fingerprint density at radius 1 is 1.19 bits per heavy atom. The summed E-state index contributed by atoms with van der Waals surface area (Å²) >= 11 is 0. The number of carbonyl (C=O) groups is 1. The Morgan fingerprint density at radius 2 is 1.96 bits per heavy atom. The van der Waals surface area contributed by atoms with Crippen LogP contribution in [0.3, 0.4) is 0 Å². The molecule has 0 aliphatic carbocycles. The predicted octanol–water partition coefficient (Wildman–Crippen LogP) is 2.02. The van der Waals surface area contributed by atoms with E-state index in [1.807, 2.05) is 13.0 Å². The average Bonchev–Trinajstić information content (AvgIpc) is 2.69. The van der Waals surface area contributed by atoms with Crippen molar-refractivity contribution in [2.24, 2.45) is 0 Å². The number of piperidine rings is 1. The second-order valence-corrected chi connectivity index (χ2v) is 8.73. The van der Waals surface area contributed by atoms with E-state index in [-0.39, 0.29) is 29.1 Å². The molecule has 1 fully saturated rings. The molecule has 1 aliphatic rings. The second-order valence-electron chi connectivity index (χ2n) is 6.62. The van der Waals surface area contributed by atoms with Crippen molar-refractivity contribution < 1.29 is 17.9 Å². The third-order valence-corrected chi connectivity index (χ3v) is 6.21. The molecule has 7 nitrogen and oxygen atoms in total. The van der Waals surface area contributed by atoms with Gasteiger partial charge in [-0.15, -0.1) is 5.10 Å². The van der Waals surface area contributed by atoms with Crippen molar-refractivity contribution in [1.29, 1.82) is 0 Å². The molecule has 2 heterocycles. The first-order valence-corrected chi connectivity index (χ1v) is 10.6. The van der Waals surface area contributed by atoms with Gasteiger partial charge in [-0.25, -0.2) is 8.42 Å². The Bertz CT molecular complexity index is 870. The van der Waals surface area contributed by atoms with Crippen LogP contribution >= 0.6 is 0 Å². The highest BCUT2D eigenvalue weighted by molar-refractivity contribution is 7.91. The lowest BCUT2D eigenvalue weighted by Crippen LogP contribution is -2.44. The predicted molar refractivity (Wildman–Crippen MR) is 100 cm³/mol. The summed E-state index contributed by atoms with van der Waals surface area (Å²) in [7, 11) is -3.46. The average molecular weight is 389 g/mol. The van der Waals surface area contributed by atoms with Gasteiger partial charge in [0.1, 0.15) is 6.10 Å². The van der Waals surface area contributed by atoms with Crippen molar-refractivity contribution in [3.05, 3.63) is 48.2 Å². The van der Waals surface area contributed by atoms with E-state index in [1.54, 1.807) is 41.3 Å². The van der Waals surface area contributed by atoms with Gasteiger partial charge in [0.05, 0.1) is 22.9 Å². The lowest BCUT2D eigenvalue weighted by Gasteiger charge is -2.32. The number of sulfone groups is 1. The molecule has 0 bridgehead atoms. The van der Waals surface area contributed by atoms with Gasteiger partial charge in [0.2, 0.25) is 11.8 Å². The van der Waals surface area contributed by atoms with E-state index in [1.165, 1.54) is 0 Å². The Labute approximate surface area is 159 Å². The fraction of sp³-hybridized carbons (Fsp3) is 0.421. The molecule has 1 aromatic heterocycles. The molecule has 1 aliphatic heterocycles. The molecule has 1 atom stereocenters. The number of amides is 1. The first-order chi connectivity index (χ1) is 12.9. The third-order valence-electron chi connectivity index (χ3n) is 4.48. The van der Waals surface area contributed by atoms with Gasteiger partial charge in [0.25, 0.3) is 0 Å². The van der Waals surface area contributed by atoms with Crippen LogP contribution in [-0.2, 0) is 14.6 Å². The lowest BCUT2D eigenvalue weighted by molar-refractivity contribution is -0.133. The number of aromatic nitrogens is 2. The fourth-order valence-corrected chi connectivity index (χ4v) is 4.26. The first-order valence-electron chi connectivity index (χ1n) is 8.96. The van der Waals surface area contributed by atoms with Crippen molar-refractivity contribution >= 4 is 15.7 Å². The zero-order chi connectivity index (χ0) is 19.3. The normalized spacial score (nSPS) is 17.5. The zero-order valence-electron chi connectivity index (χ0n) is 15.2. The molecule has 3 rings (SSSR count). The molecule has 0 radical (unpaired) electrons. The summed E-state index contributed by atoms with van der Waals surface area (Å²) in [5, 5.41) is 7.95. The van der Waals surface area contributed by atoms with E-state index in [0.29, 0.717) is 19.0 Å². The highest BCUT2D eigenvalue weighted by Gasteiger charge is 2.26. The fourth-order valence-electron chi connectivity index (χ4n) is 3.01. The minimum absolute atomic E-state index is 0.0334. The van der Waals surface area contributed by atoms with E-state index in [0.717, 1.165) is 18.5 Å². The van der Waals surface area contributed by atoms with Crippen LogP contribution in [0.15, 0.2) is 47.4 Å². The van der Waals surface area contributed by atoms with Crippen LogP contribution in [0.1, 0.15) is 25.0 Å². The zero-order valence-corrected chi connectivity index (χ0v) is 16.1. The summed E-state index contributed by atoms with van der Waals surface area (Å²) in [6.45, 7) is 2.89. The first kappa shape index (κ1) is 19.3. The van der Waals surface area contributed by atoms with Crippen molar-refractivity contribution in [3.8, 4) is 5.88 Å². The summed E-state index contributed by atoms with van der Waals surface area (Å²) < 4.78 is 30.5. The largest absolute Gasteiger partial charge is 0.471 e. The molecule has 27 heavy (non-hydrogen) atoms. The molecule has 1 unspecified atom stereocenters. The molecule has 1 saturated heterocycles. The molecular formula is C19H23N3O4S. The summed E-state index contributed by atoms with van der Waals surface area (Å²) in [4.78, 5) is 14.4. The third kappa shape index (κ3) is 5.26. The topological polar surface area (TPSA) is 89.5 Å². The van der Waals surface area contributed by atoms with Gasteiger partial charge < -0.3 is 9.64 Å². The smallest absolute Gasteiger partial charge is 0.233 e. The van der Waals surface area contributed by atoms with Crippen LogP contribution in [0.25, 0.3) is 0 Å². The van der Waals surface area contributed by atoms with Crippen LogP contribution in [0.4, 0.5) is 0 Å². The van der Waals surface area contributed by atoms with Gasteiger partial charge in [0, 0.05) is 19.0 Å². The van der Waals surface area contributed by atoms with Gasteiger partial charge in [-0.05, 0) is 38.0 Å². The minimum Gasteiger partial charge on any atom is -0.471 e. The van der Waals surface area contributed by atoms with Gasteiger partial charge in [-0.1, -0.05) is 18.2 Å². The number of carbonyl (C=O) groups excluding carboxylic acids is 1. The van der Waals surface area contributed by atoms with Crippen molar-refractivity contribution in [2.75, 3.05) is 18.8 Å². The number of rotatable bonds is 6. The minimum atomic E-state index is -3.46. The molecule has 1 amide bonds. The van der Waals surface area contributed by atoms with Crippen LogP contribution < -0.4 is 4.74 Å². The highest BCUT2D eigenvalue weighted by atomic mass is 32.2. The summed E-state index contributed by atoms with van der Waals surface area (Å²) in [6, 6.07) is 11.8. The quantitative estimate of drug-likeness (QED) is 0.751. The van der Waals surface area contributed by atoms with Gasteiger partial charge in [-0.3, -0.25) is 4.79 Å². The van der Waals surface area contributed by atoms with Crippen LogP contribution in [0.5, 0.6) is 5.88 Å². The van der Waals surface area contributed by atoms with E-state index < -0.39 is 9.84 Å².